The molecule has 5 aliphatic rings. The van der Waals surface area contributed by atoms with Crippen LogP contribution in [-0.2, 0) is 9.53 Å². The molecular weight excluding hydrogens is 424 g/mol. The van der Waals surface area contributed by atoms with E-state index in [1.165, 1.54) is 16.7 Å². The number of carbonyl (C=O) groups is 1. The molecule has 6 atom stereocenters. The predicted octanol–water partition coefficient (Wildman–Crippen LogP) is 6.50. The molecule has 0 spiro atoms. The van der Waals surface area contributed by atoms with Crippen LogP contribution < -0.4 is 0 Å². The number of rotatable bonds is 2. The first kappa shape index (κ1) is 23.8. The van der Waals surface area contributed by atoms with Gasteiger partial charge in [0.05, 0.1) is 0 Å². The van der Waals surface area contributed by atoms with Crippen molar-refractivity contribution >= 4 is 5.78 Å². The van der Waals surface area contributed by atoms with E-state index in [0.29, 0.717) is 11.5 Å². The summed E-state index contributed by atoms with van der Waals surface area (Å²) < 4.78 is 5.45. The molecule has 0 aromatic heterocycles. The molecule has 0 saturated heterocycles. The van der Waals surface area contributed by atoms with E-state index in [0.717, 1.165) is 49.7 Å². The van der Waals surface area contributed by atoms with E-state index >= 15 is 0 Å². The van der Waals surface area contributed by atoms with E-state index in [1.54, 1.807) is 13.2 Å². The molecule has 0 heterocycles. The van der Waals surface area contributed by atoms with Crippen LogP contribution in [0.25, 0.3) is 0 Å². The molecule has 0 aromatic rings. The molecule has 0 bridgehead atoms. The Hall–Kier alpha value is -1.91. The standard InChI is InChI=1S/C30H40O4/c1-17-15-27(3)10-11-28(4,26(33)34-7)16-23(27)30(6)13-12-29(5)20(24(17)30)9-8-19-18(2)25(32)22(31)14-21(19)29/h8-9,14,23,26,32-33H,10-13,15-16H2,1-7H3/t23-,26+,27-,28-,29-,30-/m1/s1. The average Bonchev–Trinajstić information content (AvgIpc) is 2.79. The number of allylic oxidation sites excluding steroid dienone is 9. The number of fused-ring (bicyclic) bond motifs is 7. The fraction of sp³-hybridized carbons (Fsp3) is 0.633. The number of ether oxygens (including phenoxy) is 1. The second-order valence-electron chi connectivity index (χ2n) is 12.8. The molecule has 0 amide bonds. The molecule has 4 nitrogen and oxygen atoms in total. The Balaban J connectivity index is 1.65. The van der Waals surface area contributed by atoms with E-state index in [2.05, 4.69) is 46.8 Å². The number of hydrogen-bond acceptors (Lipinski definition) is 4. The molecule has 0 radical (unpaired) electrons. The first-order valence-corrected chi connectivity index (χ1v) is 12.8. The zero-order valence-electron chi connectivity index (χ0n) is 21.8. The summed E-state index contributed by atoms with van der Waals surface area (Å²) >= 11 is 0. The summed E-state index contributed by atoms with van der Waals surface area (Å²) in [5.41, 5.74) is 6.77. The van der Waals surface area contributed by atoms with Crippen molar-refractivity contribution in [1.82, 2.24) is 0 Å². The fourth-order valence-electron chi connectivity index (χ4n) is 8.56. The molecule has 34 heavy (non-hydrogen) atoms. The van der Waals surface area contributed by atoms with Crippen LogP contribution in [-0.4, -0.2) is 29.4 Å². The molecule has 0 aliphatic heterocycles. The second-order valence-corrected chi connectivity index (χ2v) is 12.8. The van der Waals surface area contributed by atoms with Gasteiger partial charge in [-0.05, 0) is 97.5 Å². The third kappa shape index (κ3) is 2.94. The molecule has 5 rings (SSSR count). The van der Waals surface area contributed by atoms with Crippen LogP contribution in [0, 0.1) is 27.6 Å². The van der Waals surface area contributed by atoms with Crippen molar-refractivity contribution in [3.8, 4) is 0 Å². The molecule has 4 heteroatoms. The van der Waals surface area contributed by atoms with Crippen molar-refractivity contribution in [3.63, 3.8) is 0 Å². The Labute approximate surface area is 204 Å². The highest BCUT2D eigenvalue weighted by Crippen LogP contribution is 2.70. The smallest absolute Gasteiger partial charge is 0.220 e. The van der Waals surface area contributed by atoms with Gasteiger partial charge in [0, 0.05) is 23.5 Å². The maximum Gasteiger partial charge on any atom is 0.220 e. The van der Waals surface area contributed by atoms with E-state index in [-0.39, 0.29) is 33.2 Å². The zero-order chi connectivity index (χ0) is 24.8. The van der Waals surface area contributed by atoms with Crippen LogP contribution in [0.3, 0.4) is 0 Å². The maximum atomic E-state index is 12.6. The monoisotopic (exact) mass is 464 g/mol. The number of hydrogen-bond donors (Lipinski definition) is 2. The van der Waals surface area contributed by atoms with Crippen LogP contribution in [0.1, 0.15) is 80.1 Å². The molecule has 2 N–H and O–H groups in total. The Morgan fingerprint density at radius 1 is 1.03 bits per heavy atom. The highest BCUT2D eigenvalue weighted by Gasteiger charge is 2.61. The lowest BCUT2D eigenvalue weighted by Gasteiger charge is -2.63. The van der Waals surface area contributed by atoms with E-state index in [1.807, 2.05) is 6.92 Å². The minimum Gasteiger partial charge on any atom is -0.504 e. The molecule has 5 aliphatic carbocycles. The first-order valence-electron chi connectivity index (χ1n) is 12.8. The van der Waals surface area contributed by atoms with Gasteiger partial charge in [0.1, 0.15) is 0 Å². The van der Waals surface area contributed by atoms with Crippen molar-refractivity contribution < 1.29 is 19.7 Å². The summed E-state index contributed by atoms with van der Waals surface area (Å²) in [5, 5.41) is 21.1. The van der Waals surface area contributed by atoms with Gasteiger partial charge >= 0.3 is 0 Å². The predicted molar refractivity (Wildman–Crippen MR) is 134 cm³/mol. The van der Waals surface area contributed by atoms with Crippen molar-refractivity contribution in [3.05, 3.63) is 57.4 Å². The Kier molecular flexibility index (Phi) is 5.11. The van der Waals surface area contributed by atoms with Crippen LogP contribution >= 0.6 is 0 Å². The number of ketones is 1. The molecule has 2 fully saturated rings. The fourth-order valence-corrected chi connectivity index (χ4v) is 8.56. The van der Waals surface area contributed by atoms with Gasteiger partial charge in [0.25, 0.3) is 0 Å². The number of aliphatic hydroxyl groups is 2. The minimum atomic E-state index is -0.745. The number of carbonyl (C=O) groups excluding carboxylic acids is 1. The van der Waals surface area contributed by atoms with Gasteiger partial charge in [-0.2, -0.15) is 0 Å². The Morgan fingerprint density at radius 3 is 2.41 bits per heavy atom. The van der Waals surface area contributed by atoms with Gasteiger partial charge in [0.15, 0.2) is 12.0 Å². The average molecular weight is 465 g/mol. The molecule has 184 valence electrons. The van der Waals surface area contributed by atoms with Crippen molar-refractivity contribution in [2.45, 2.75) is 86.4 Å². The number of methoxy groups -OCH3 is 1. The van der Waals surface area contributed by atoms with Gasteiger partial charge in [-0.25, -0.2) is 0 Å². The van der Waals surface area contributed by atoms with Crippen LogP contribution in [0.2, 0.25) is 0 Å². The topological polar surface area (TPSA) is 66.8 Å². The highest BCUT2D eigenvalue weighted by atomic mass is 16.6. The van der Waals surface area contributed by atoms with E-state index in [4.69, 9.17) is 4.74 Å². The van der Waals surface area contributed by atoms with Crippen LogP contribution in [0.5, 0.6) is 0 Å². The van der Waals surface area contributed by atoms with Gasteiger partial charge in [-0.1, -0.05) is 45.4 Å². The normalized spacial score (nSPS) is 42.6. The van der Waals surface area contributed by atoms with Crippen molar-refractivity contribution in [2.24, 2.45) is 27.6 Å². The number of aliphatic hydroxyl groups excluding tert-OH is 2. The van der Waals surface area contributed by atoms with Gasteiger partial charge in [-0.15, -0.1) is 0 Å². The van der Waals surface area contributed by atoms with Gasteiger partial charge < -0.3 is 14.9 Å². The largest absolute Gasteiger partial charge is 0.504 e. The highest BCUT2D eigenvalue weighted by molar-refractivity contribution is 6.06. The van der Waals surface area contributed by atoms with Gasteiger partial charge in [-0.3, -0.25) is 4.79 Å². The summed E-state index contributed by atoms with van der Waals surface area (Å²) in [7, 11) is 1.61. The lowest BCUT2D eigenvalue weighted by Crippen LogP contribution is -2.55. The van der Waals surface area contributed by atoms with Crippen molar-refractivity contribution in [1.29, 1.82) is 0 Å². The first-order chi connectivity index (χ1) is 15.8. The Bertz CT molecular complexity index is 1130. The summed E-state index contributed by atoms with van der Waals surface area (Å²) in [6.45, 7) is 13.6. The summed E-state index contributed by atoms with van der Waals surface area (Å²) in [4.78, 5) is 12.6. The zero-order valence-corrected chi connectivity index (χ0v) is 21.8. The minimum absolute atomic E-state index is 0.00910. The van der Waals surface area contributed by atoms with Crippen LogP contribution in [0.15, 0.2) is 57.4 Å². The maximum absolute atomic E-state index is 12.6. The molecule has 0 unspecified atom stereocenters. The quantitative estimate of drug-likeness (QED) is 0.458. The van der Waals surface area contributed by atoms with Crippen molar-refractivity contribution in [2.75, 3.05) is 7.11 Å². The summed E-state index contributed by atoms with van der Waals surface area (Å²) in [6.07, 6.45) is 11.4. The third-order valence-corrected chi connectivity index (χ3v) is 10.6. The summed E-state index contributed by atoms with van der Waals surface area (Å²) in [6, 6.07) is 0. The SMILES string of the molecule is CO[C@H](O)[C@]1(C)CC[C@]2(C)CC(C)=C3C4=CC=C5C(=CC(=O)C(O)=C5C)[C@]4(C)CC[C@]3(C)[C@@H]2C1. The lowest BCUT2D eigenvalue weighted by atomic mass is 9.41. The molecule has 0 aromatic carbocycles. The van der Waals surface area contributed by atoms with Crippen LogP contribution in [0.4, 0.5) is 0 Å². The molecular formula is C30H40O4. The third-order valence-electron chi connectivity index (χ3n) is 10.6. The van der Waals surface area contributed by atoms with Gasteiger partial charge in [0.2, 0.25) is 5.78 Å². The Morgan fingerprint density at radius 2 is 1.74 bits per heavy atom. The van der Waals surface area contributed by atoms with E-state index in [9.17, 15) is 15.0 Å². The molecule has 2 saturated carbocycles. The second kappa shape index (κ2) is 7.30. The summed E-state index contributed by atoms with van der Waals surface area (Å²) in [5.74, 6) is 0.0443. The van der Waals surface area contributed by atoms with E-state index < -0.39 is 6.29 Å². The lowest BCUT2D eigenvalue weighted by molar-refractivity contribution is -0.190.